The van der Waals surface area contributed by atoms with E-state index in [2.05, 4.69) is 20.9 Å². The first-order valence-electron chi connectivity index (χ1n) is 5.05. The number of aromatic nitrogens is 2. The number of hydrogen-bond donors (Lipinski definition) is 1. The van der Waals surface area contributed by atoms with E-state index in [-0.39, 0.29) is 0 Å². The molecule has 16 heavy (non-hydrogen) atoms. The summed E-state index contributed by atoms with van der Waals surface area (Å²) in [5.74, 6) is 0. The summed E-state index contributed by atoms with van der Waals surface area (Å²) in [6.45, 7) is 0. The standard InChI is InChI=1S/C12H13BrN2O/c1-15-7-11(14-8-15)12(16)6-9-3-2-4-10(13)5-9/h2-5,7-8,12,16H,6H2,1H3. The molecule has 2 aromatic rings. The SMILES string of the molecule is Cn1cnc(C(O)Cc2cccc(Br)c2)c1. The van der Waals surface area contributed by atoms with Crippen LogP contribution in [-0.2, 0) is 13.5 Å². The molecule has 1 aromatic heterocycles. The summed E-state index contributed by atoms with van der Waals surface area (Å²) >= 11 is 3.41. The maximum atomic E-state index is 9.99. The summed E-state index contributed by atoms with van der Waals surface area (Å²) in [4.78, 5) is 4.14. The van der Waals surface area contributed by atoms with Crippen molar-refractivity contribution in [3.05, 3.63) is 52.5 Å². The highest BCUT2D eigenvalue weighted by molar-refractivity contribution is 9.10. The molecule has 0 spiro atoms. The topological polar surface area (TPSA) is 38.0 Å². The van der Waals surface area contributed by atoms with Crippen LogP contribution in [-0.4, -0.2) is 14.7 Å². The zero-order valence-corrected chi connectivity index (χ0v) is 10.6. The lowest BCUT2D eigenvalue weighted by Crippen LogP contribution is -2.02. The van der Waals surface area contributed by atoms with Gasteiger partial charge in [0.25, 0.3) is 0 Å². The first-order valence-corrected chi connectivity index (χ1v) is 5.85. The van der Waals surface area contributed by atoms with Gasteiger partial charge in [0.1, 0.15) is 6.10 Å². The molecule has 1 unspecified atom stereocenters. The Hall–Kier alpha value is -1.13. The fourth-order valence-electron chi connectivity index (χ4n) is 1.60. The van der Waals surface area contributed by atoms with Crippen LogP contribution in [0.25, 0.3) is 0 Å². The molecule has 4 heteroatoms. The van der Waals surface area contributed by atoms with Crippen LogP contribution in [0.3, 0.4) is 0 Å². The summed E-state index contributed by atoms with van der Waals surface area (Å²) < 4.78 is 2.86. The van der Waals surface area contributed by atoms with Crippen molar-refractivity contribution in [1.82, 2.24) is 9.55 Å². The minimum absolute atomic E-state index is 0.546. The highest BCUT2D eigenvalue weighted by Crippen LogP contribution is 2.19. The average Bonchev–Trinajstić information content (AvgIpc) is 2.65. The van der Waals surface area contributed by atoms with E-state index in [1.807, 2.05) is 42.1 Å². The summed E-state index contributed by atoms with van der Waals surface area (Å²) in [5, 5.41) is 9.99. The number of aliphatic hydroxyl groups excluding tert-OH is 1. The van der Waals surface area contributed by atoms with Crippen molar-refractivity contribution in [3.63, 3.8) is 0 Å². The number of aryl methyl sites for hydroxylation is 1. The number of hydrogen-bond acceptors (Lipinski definition) is 2. The number of halogens is 1. The van der Waals surface area contributed by atoms with Gasteiger partial charge in [-0.15, -0.1) is 0 Å². The lowest BCUT2D eigenvalue weighted by Gasteiger charge is -2.07. The van der Waals surface area contributed by atoms with Crippen molar-refractivity contribution in [1.29, 1.82) is 0 Å². The molecule has 0 bridgehead atoms. The van der Waals surface area contributed by atoms with Crippen LogP contribution >= 0.6 is 15.9 Å². The molecule has 1 heterocycles. The highest BCUT2D eigenvalue weighted by Gasteiger charge is 2.11. The Morgan fingerprint density at radius 2 is 2.31 bits per heavy atom. The lowest BCUT2D eigenvalue weighted by molar-refractivity contribution is 0.174. The van der Waals surface area contributed by atoms with E-state index in [4.69, 9.17) is 0 Å². The normalized spacial score (nSPS) is 12.7. The van der Waals surface area contributed by atoms with Gasteiger partial charge in [0.2, 0.25) is 0 Å². The fourth-order valence-corrected chi connectivity index (χ4v) is 2.04. The zero-order valence-electron chi connectivity index (χ0n) is 8.97. The molecule has 0 aliphatic carbocycles. The molecule has 0 aliphatic rings. The Balaban J connectivity index is 2.10. The quantitative estimate of drug-likeness (QED) is 0.938. The largest absolute Gasteiger partial charge is 0.386 e. The number of rotatable bonds is 3. The first-order chi connectivity index (χ1) is 7.65. The van der Waals surface area contributed by atoms with Gasteiger partial charge >= 0.3 is 0 Å². The predicted octanol–water partition coefficient (Wildman–Crippen LogP) is 2.46. The van der Waals surface area contributed by atoms with Gasteiger partial charge < -0.3 is 9.67 Å². The molecule has 1 aromatic carbocycles. The van der Waals surface area contributed by atoms with Crippen LogP contribution in [0.15, 0.2) is 41.3 Å². The minimum Gasteiger partial charge on any atom is -0.386 e. The molecule has 84 valence electrons. The van der Waals surface area contributed by atoms with Crippen LogP contribution in [0, 0.1) is 0 Å². The molecular weight excluding hydrogens is 268 g/mol. The summed E-state index contributed by atoms with van der Waals surface area (Å²) in [7, 11) is 1.89. The lowest BCUT2D eigenvalue weighted by atomic mass is 10.1. The third kappa shape index (κ3) is 2.71. The van der Waals surface area contributed by atoms with Crippen LogP contribution in [0.4, 0.5) is 0 Å². The number of imidazole rings is 1. The van der Waals surface area contributed by atoms with E-state index in [0.29, 0.717) is 12.1 Å². The molecular formula is C12H13BrN2O. The Bertz CT molecular complexity index is 481. The molecule has 0 aliphatic heterocycles. The first kappa shape index (κ1) is 11.4. The van der Waals surface area contributed by atoms with Gasteiger partial charge in [0, 0.05) is 24.1 Å². The molecule has 2 rings (SSSR count). The van der Waals surface area contributed by atoms with Gasteiger partial charge in [-0.05, 0) is 17.7 Å². The van der Waals surface area contributed by atoms with Crippen LogP contribution < -0.4 is 0 Å². The molecule has 0 amide bonds. The summed E-state index contributed by atoms with van der Waals surface area (Å²) in [6.07, 6.45) is 3.56. The monoisotopic (exact) mass is 280 g/mol. The molecule has 1 atom stereocenters. The Kier molecular flexibility index (Phi) is 3.41. The van der Waals surface area contributed by atoms with E-state index >= 15 is 0 Å². The minimum atomic E-state index is -0.546. The van der Waals surface area contributed by atoms with Crippen molar-refractivity contribution in [2.45, 2.75) is 12.5 Å². The van der Waals surface area contributed by atoms with E-state index in [1.54, 1.807) is 6.33 Å². The van der Waals surface area contributed by atoms with Crippen molar-refractivity contribution in [3.8, 4) is 0 Å². The van der Waals surface area contributed by atoms with Crippen molar-refractivity contribution < 1.29 is 5.11 Å². The second-order valence-corrected chi connectivity index (χ2v) is 4.73. The molecule has 3 nitrogen and oxygen atoms in total. The maximum absolute atomic E-state index is 9.99. The van der Waals surface area contributed by atoms with Crippen molar-refractivity contribution >= 4 is 15.9 Å². The third-order valence-electron chi connectivity index (χ3n) is 2.38. The van der Waals surface area contributed by atoms with Gasteiger partial charge in [-0.1, -0.05) is 28.1 Å². The van der Waals surface area contributed by atoms with Crippen molar-refractivity contribution in [2.75, 3.05) is 0 Å². The van der Waals surface area contributed by atoms with E-state index in [1.165, 1.54) is 0 Å². The average molecular weight is 281 g/mol. The summed E-state index contributed by atoms with van der Waals surface area (Å²) in [5.41, 5.74) is 1.80. The van der Waals surface area contributed by atoms with Gasteiger partial charge in [0.05, 0.1) is 12.0 Å². The smallest absolute Gasteiger partial charge is 0.101 e. The maximum Gasteiger partial charge on any atom is 0.101 e. The Morgan fingerprint density at radius 3 is 2.94 bits per heavy atom. The predicted molar refractivity (Wildman–Crippen MR) is 66.0 cm³/mol. The summed E-state index contributed by atoms with van der Waals surface area (Å²) in [6, 6.07) is 7.93. The number of benzene rings is 1. The molecule has 0 saturated heterocycles. The van der Waals surface area contributed by atoms with Gasteiger partial charge in [0.15, 0.2) is 0 Å². The molecule has 0 fully saturated rings. The van der Waals surface area contributed by atoms with Crippen LogP contribution in [0.1, 0.15) is 17.4 Å². The van der Waals surface area contributed by atoms with Crippen LogP contribution in [0.2, 0.25) is 0 Å². The Labute approximate surface area is 103 Å². The molecule has 0 radical (unpaired) electrons. The molecule has 0 saturated carbocycles. The zero-order chi connectivity index (χ0) is 11.5. The second kappa shape index (κ2) is 4.80. The Morgan fingerprint density at radius 1 is 1.50 bits per heavy atom. The van der Waals surface area contributed by atoms with E-state index in [9.17, 15) is 5.11 Å². The van der Waals surface area contributed by atoms with E-state index < -0.39 is 6.10 Å². The number of aliphatic hydroxyl groups is 1. The van der Waals surface area contributed by atoms with E-state index in [0.717, 1.165) is 10.0 Å². The van der Waals surface area contributed by atoms with Crippen LogP contribution in [0.5, 0.6) is 0 Å². The second-order valence-electron chi connectivity index (χ2n) is 3.81. The highest BCUT2D eigenvalue weighted by atomic mass is 79.9. The van der Waals surface area contributed by atoms with Crippen molar-refractivity contribution in [2.24, 2.45) is 7.05 Å². The third-order valence-corrected chi connectivity index (χ3v) is 2.88. The van der Waals surface area contributed by atoms with Gasteiger partial charge in [-0.25, -0.2) is 4.98 Å². The van der Waals surface area contributed by atoms with Gasteiger partial charge in [-0.3, -0.25) is 0 Å². The van der Waals surface area contributed by atoms with Gasteiger partial charge in [-0.2, -0.15) is 0 Å². The molecule has 1 N–H and O–H groups in total. The number of nitrogens with zero attached hydrogens (tertiary/aromatic N) is 2. The fraction of sp³-hybridized carbons (Fsp3) is 0.250.